The molecule has 0 radical (unpaired) electrons. The minimum absolute atomic E-state index is 0.0109. The molecule has 4 nitrogen and oxygen atoms in total. The lowest BCUT2D eigenvalue weighted by Crippen LogP contribution is -2.06. The van der Waals surface area contributed by atoms with E-state index < -0.39 is 0 Å². The van der Waals surface area contributed by atoms with E-state index in [1.165, 1.54) is 11.1 Å². The van der Waals surface area contributed by atoms with Crippen LogP contribution in [0, 0.1) is 6.92 Å². The van der Waals surface area contributed by atoms with Crippen molar-refractivity contribution in [3.63, 3.8) is 0 Å². The van der Waals surface area contributed by atoms with Crippen LogP contribution >= 0.6 is 11.8 Å². The molecule has 0 aliphatic rings. The van der Waals surface area contributed by atoms with E-state index in [0.717, 1.165) is 22.2 Å². The monoisotopic (exact) mass is 325 g/mol. The molecular weight excluding hydrogens is 306 g/mol. The molecule has 2 heterocycles. The average Bonchev–Trinajstić information content (AvgIpc) is 2.97. The number of benzene rings is 1. The van der Waals surface area contributed by atoms with Crippen LogP contribution in [0.2, 0.25) is 0 Å². The molecule has 23 heavy (non-hydrogen) atoms. The fourth-order valence-corrected chi connectivity index (χ4v) is 3.46. The number of hydrogen-bond donors (Lipinski definition) is 1. The largest absolute Gasteiger partial charge is 0.390 e. The molecule has 0 aliphatic carbocycles. The lowest BCUT2D eigenvalue weighted by Gasteiger charge is -2.11. The second-order valence-electron chi connectivity index (χ2n) is 5.35. The van der Waals surface area contributed by atoms with Gasteiger partial charge in [-0.25, -0.2) is 4.98 Å². The highest BCUT2D eigenvalue weighted by Gasteiger charge is 2.11. The van der Waals surface area contributed by atoms with Crippen molar-refractivity contribution in [3.8, 4) is 0 Å². The summed E-state index contributed by atoms with van der Waals surface area (Å²) in [6.07, 6.45) is 5.32. The minimum Gasteiger partial charge on any atom is -0.390 e. The van der Waals surface area contributed by atoms with E-state index in [0.29, 0.717) is 6.54 Å². The molecule has 0 spiro atoms. The smallest absolute Gasteiger partial charge is 0.168 e. The Bertz CT molecular complexity index is 771. The van der Waals surface area contributed by atoms with Gasteiger partial charge in [-0.15, -0.1) is 0 Å². The van der Waals surface area contributed by atoms with Crippen molar-refractivity contribution in [2.75, 3.05) is 0 Å². The van der Waals surface area contributed by atoms with E-state index >= 15 is 0 Å². The quantitative estimate of drug-likeness (QED) is 0.706. The van der Waals surface area contributed by atoms with Gasteiger partial charge in [0.25, 0.3) is 0 Å². The summed E-state index contributed by atoms with van der Waals surface area (Å²) in [5.41, 5.74) is 4.57. The molecule has 0 saturated heterocycles. The third-order valence-corrected chi connectivity index (χ3v) is 4.81. The first-order valence-corrected chi connectivity index (χ1v) is 8.48. The summed E-state index contributed by atoms with van der Waals surface area (Å²) in [6.45, 7) is 2.80. The topological polar surface area (TPSA) is 50.9 Å². The highest BCUT2D eigenvalue weighted by molar-refractivity contribution is 7.98. The van der Waals surface area contributed by atoms with Crippen LogP contribution < -0.4 is 0 Å². The normalized spacial score (nSPS) is 10.9. The number of rotatable bonds is 6. The maximum absolute atomic E-state index is 9.56. The van der Waals surface area contributed by atoms with Crippen molar-refractivity contribution in [2.24, 2.45) is 0 Å². The highest BCUT2D eigenvalue weighted by Crippen LogP contribution is 2.25. The van der Waals surface area contributed by atoms with Crippen LogP contribution in [0.25, 0.3) is 0 Å². The van der Waals surface area contributed by atoms with Gasteiger partial charge >= 0.3 is 0 Å². The van der Waals surface area contributed by atoms with Gasteiger partial charge in [0.2, 0.25) is 0 Å². The molecule has 1 aromatic carbocycles. The number of hydrogen-bond acceptors (Lipinski definition) is 4. The van der Waals surface area contributed by atoms with Crippen LogP contribution in [0.4, 0.5) is 0 Å². The number of aromatic nitrogens is 3. The van der Waals surface area contributed by atoms with Gasteiger partial charge in [-0.3, -0.25) is 4.98 Å². The standard InChI is InChI=1S/C18H19N3OS/c1-14-4-2-3-5-16(14)13-23-18-20-10-17(12-22)21(18)11-15-6-8-19-9-7-15/h2-10,22H,11-13H2,1H3. The fraction of sp³-hybridized carbons (Fsp3) is 0.222. The van der Waals surface area contributed by atoms with E-state index in [9.17, 15) is 5.11 Å². The summed E-state index contributed by atoms with van der Waals surface area (Å²) >= 11 is 1.69. The maximum atomic E-state index is 9.56. The van der Waals surface area contributed by atoms with Crippen molar-refractivity contribution >= 4 is 11.8 Å². The molecule has 1 N–H and O–H groups in total. The Labute approximate surface area is 140 Å². The summed E-state index contributed by atoms with van der Waals surface area (Å²) in [5.74, 6) is 0.866. The fourth-order valence-electron chi connectivity index (χ4n) is 2.39. The third kappa shape index (κ3) is 3.81. The number of thioether (sulfide) groups is 1. The Kier molecular flexibility index (Phi) is 5.10. The van der Waals surface area contributed by atoms with Gasteiger partial charge in [0.1, 0.15) is 0 Å². The molecule has 2 aromatic heterocycles. The molecule has 0 bridgehead atoms. The third-order valence-electron chi connectivity index (χ3n) is 3.77. The number of nitrogens with zero attached hydrogens (tertiary/aromatic N) is 3. The van der Waals surface area contributed by atoms with Crippen LogP contribution in [0.15, 0.2) is 60.1 Å². The molecule has 0 unspecified atom stereocenters. The molecule has 0 aliphatic heterocycles. The Morgan fingerprint density at radius 1 is 1.13 bits per heavy atom. The summed E-state index contributed by atoms with van der Waals surface area (Å²) in [4.78, 5) is 8.52. The van der Waals surface area contributed by atoms with E-state index in [2.05, 4.69) is 45.7 Å². The first-order valence-electron chi connectivity index (χ1n) is 7.49. The first kappa shape index (κ1) is 15.8. The van der Waals surface area contributed by atoms with Gasteiger partial charge in [-0.1, -0.05) is 36.0 Å². The van der Waals surface area contributed by atoms with E-state index in [1.807, 2.05) is 12.1 Å². The van der Waals surface area contributed by atoms with Crippen molar-refractivity contribution < 1.29 is 5.11 Å². The number of aliphatic hydroxyl groups excluding tert-OH is 1. The summed E-state index contributed by atoms with van der Waals surface area (Å²) in [5, 5.41) is 10.5. The molecule has 0 amide bonds. The van der Waals surface area contributed by atoms with Crippen molar-refractivity contribution in [1.29, 1.82) is 0 Å². The van der Waals surface area contributed by atoms with Crippen LogP contribution in [-0.2, 0) is 18.9 Å². The first-order chi connectivity index (χ1) is 11.3. The van der Waals surface area contributed by atoms with Crippen LogP contribution in [0.1, 0.15) is 22.4 Å². The second kappa shape index (κ2) is 7.44. The van der Waals surface area contributed by atoms with E-state index in [-0.39, 0.29) is 6.61 Å². The number of aryl methyl sites for hydroxylation is 1. The predicted molar refractivity (Wildman–Crippen MR) is 92.2 cm³/mol. The summed E-state index contributed by atoms with van der Waals surface area (Å²) < 4.78 is 2.07. The molecule has 5 heteroatoms. The van der Waals surface area contributed by atoms with Crippen LogP contribution in [0.3, 0.4) is 0 Å². The molecule has 0 saturated carbocycles. The lowest BCUT2D eigenvalue weighted by molar-refractivity contribution is 0.270. The lowest BCUT2D eigenvalue weighted by atomic mass is 10.1. The van der Waals surface area contributed by atoms with Crippen LogP contribution in [-0.4, -0.2) is 19.6 Å². The zero-order valence-corrected chi connectivity index (χ0v) is 13.8. The van der Waals surface area contributed by atoms with Crippen molar-refractivity contribution in [3.05, 3.63) is 77.4 Å². The Morgan fingerprint density at radius 2 is 1.91 bits per heavy atom. The molecular formula is C18H19N3OS. The molecule has 0 fully saturated rings. The van der Waals surface area contributed by atoms with Crippen molar-refractivity contribution in [1.82, 2.24) is 14.5 Å². The Morgan fingerprint density at radius 3 is 2.65 bits per heavy atom. The molecule has 3 aromatic rings. The van der Waals surface area contributed by atoms with Crippen molar-refractivity contribution in [2.45, 2.75) is 31.0 Å². The summed E-state index contributed by atoms with van der Waals surface area (Å²) in [6, 6.07) is 12.3. The molecule has 0 atom stereocenters. The second-order valence-corrected chi connectivity index (χ2v) is 6.29. The van der Waals surface area contributed by atoms with Gasteiger partial charge in [0.15, 0.2) is 5.16 Å². The van der Waals surface area contributed by atoms with Gasteiger partial charge in [-0.05, 0) is 35.7 Å². The molecule has 118 valence electrons. The Balaban J connectivity index is 1.80. The van der Waals surface area contributed by atoms with Gasteiger partial charge in [-0.2, -0.15) is 0 Å². The highest BCUT2D eigenvalue weighted by atomic mass is 32.2. The number of aliphatic hydroxyl groups is 1. The number of pyridine rings is 1. The van der Waals surface area contributed by atoms with Gasteiger partial charge < -0.3 is 9.67 Å². The SMILES string of the molecule is Cc1ccccc1CSc1ncc(CO)n1Cc1ccncc1. The predicted octanol–water partition coefficient (Wildman–Crippen LogP) is 3.42. The van der Waals surface area contributed by atoms with E-state index in [1.54, 1.807) is 30.4 Å². The van der Waals surface area contributed by atoms with Gasteiger partial charge in [0, 0.05) is 18.1 Å². The van der Waals surface area contributed by atoms with E-state index in [4.69, 9.17) is 0 Å². The molecule has 3 rings (SSSR count). The maximum Gasteiger partial charge on any atom is 0.168 e. The number of imidazole rings is 1. The van der Waals surface area contributed by atoms with Crippen LogP contribution in [0.5, 0.6) is 0 Å². The zero-order chi connectivity index (χ0) is 16.1. The zero-order valence-electron chi connectivity index (χ0n) is 13.0. The average molecular weight is 325 g/mol. The van der Waals surface area contributed by atoms with Gasteiger partial charge in [0.05, 0.1) is 25.0 Å². The minimum atomic E-state index is -0.0109. The Hall–Kier alpha value is -2.11. The summed E-state index contributed by atoms with van der Waals surface area (Å²) in [7, 11) is 0.